The number of carbonyl (C=O) groups is 2. The number of hydrogen-bond acceptors (Lipinski definition) is 3. The zero-order chi connectivity index (χ0) is 21.9. The number of carbonyl (C=O) groups excluding carboxylic acids is 2. The second-order valence-electron chi connectivity index (χ2n) is 9.04. The Morgan fingerprint density at radius 1 is 1.07 bits per heavy atom. The van der Waals surface area contributed by atoms with Crippen molar-refractivity contribution in [3.05, 3.63) is 35.4 Å². The van der Waals surface area contributed by atoms with E-state index >= 15 is 0 Å². The van der Waals surface area contributed by atoms with Gasteiger partial charge in [0.15, 0.2) is 0 Å². The van der Waals surface area contributed by atoms with Crippen molar-refractivity contribution >= 4 is 12.8 Å². The minimum atomic E-state index is 0.319. The van der Waals surface area contributed by atoms with Crippen molar-refractivity contribution in [1.82, 2.24) is 14.7 Å². The lowest BCUT2D eigenvalue weighted by Gasteiger charge is -2.31. The van der Waals surface area contributed by atoms with Crippen LogP contribution in [0.1, 0.15) is 64.0 Å². The lowest BCUT2D eigenvalue weighted by Crippen LogP contribution is -2.39. The number of likely N-dealkylation sites (tertiary alicyclic amines) is 2. The highest BCUT2D eigenvalue weighted by Crippen LogP contribution is 2.31. The van der Waals surface area contributed by atoms with E-state index < -0.39 is 0 Å². The molecule has 1 aromatic rings. The second kappa shape index (κ2) is 12.6. The van der Waals surface area contributed by atoms with E-state index in [1.807, 2.05) is 6.92 Å². The van der Waals surface area contributed by atoms with Gasteiger partial charge in [-0.2, -0.15) is 0 Å². The van der Waals surface area contributed by atoms with Crippen LogP contribution in [0.5, 0.6) is 0 Å². The molecule has 1 aromatic carbocycles. The minimum absolute atomic E-state index is 0.319. The topological polar surface area (TPSA) is 43.9 Å². The van der Waals surface area contributed by atoms with Crippen LogP contribution in [0.2, 0.25) is 0 Å². The maximum absolute atomic E-state index is 9.93. The molecule has 0 bridgehead atoms. The number of amides is 2. The summed E-state index contributed by atoms with van der Waals surface area (Å²) in [4.78, 5) is 25.6. The molecule has 164 valence electrons. The average Bonchev–Trinajstić information content (AvgIpc) is 3.40. The van der Waals surface area contributed by atoms with Crippen molar-refractivity contribution in [3.8, 4) is 0 Å². The molecule has 1 unspecified atom stereocenters. The predicted octanol–water partition coefficient (Wildman–Crippen LogP) is 3.92. The molecule has 1 atom stereocenters. The minimum Gasteiger partial charge on any atom is -0.349 e. The summed E-state index contributed by atoms with van der Waals surface area (Å²) in [6.45, 7) is 16.2. The quantitative estimate of drug-likeness (QED) is 0.716. The standard InChI is InChI=1S/C15H23N.C5H9NO.C4H9NO/c1-12-5-7-13(8-6-12)14-9-10-16(11-14)15(2,3)4;7-5-6-3-1-2-4-6;1-3-5(2)4-6/h5-8,14H,9-11H2,1-4H3;5H,1-4H2;4H,3H2,1-2H3. The molecule has 2 heterocycles. The van der Waals surface area contributed by atoms with Crippen LogP contribution in [-0.2, 0) is 9.59 Å². The Kier molecular flexibility index (Phi) is 11.0. The molecule has 5 heteroatoms. The molecule has 0 saturated carbocycles. The van der Waals surface area contributed by atoms with Crippen molar-refractivity contribution in [3.63, 3.8) is 0 Å². The van der Waals surface area contributed by atoms with Crippen molar-refractivity contribution < 1.29 is 9.59 Å². The molecule has 5 nitrogen and oxygen atoms in total. The Balaban J connectivity index is 0.000000267. The predicted molar refractivity (Wildman–Crippen MR) is 121 cm³/mol. The van der Waals surface area contributed by atoms with Gasteiger partial charge in [-0.3, -0.25) is 14.5 Å². The van der Waals surface area contributed by atoms with E-state index in [1.165, 1.54) is 43.5 Å². The van der Waals surface area contributed by atoms with Crippen LogP contribution >= 0.6 is 0 Å². The summed E-state index contributed by atoms with van der Waals surface area (Å²) in [7, 11) is 1.74. The second-order valence-corrected chi connectivity index (χ2v) is 9.04. The first-order chi connectivity index (χ1) is 13.7. The third-order valence-corrected chi connectivity index (χ3v) is 5.65. The largest absolute Gasteiger partial charge is 0.349 e. The van der Waals surface area contributed by atoms with E-state index in [0.717, 1.165) is 38.4 Å². The van der Waals surface area contributed by atoms with Crippen LogP contribution in [-0.4, -0.2) is 72.8 Å². The first kappa shape index (κ1) is 25.2. The van der Waals surface area contributed by atoms with Gasteiger partial charge in [-0.05, 0) is 71.9 Å². The van der Waals surface area contributed by atoms with E-state index in [9.17, 15) is 9.59 Å². The van der Waals surface area contributed by atoms with E-state index in [1.54, 1.807) is 16.8 Å². The van der Waals surface area contributed by atoms with Crippen LogP contribution in [0, 0.1) is 6.92 Å². The van der Waals surface area contributed by atoms with Gasteiger partial charge in [0.2, 0.25) is 12.8 Å². The summed E-state index contributed by atoms with van der Waals surface area (Å²) in [5, 5.41) is 0. The van der Waals surface area contributed by atoms with Crippen molar-refractivity contribution in [2.45, 2.75) is 65.3 Å². The molecular formula is C24H41N3O2. The van der Waals surface area contributed by atoms with E-state index in [4.69, 9.17) is 0 Å². The molecule has 2 saturated heterocycles. The van der Waals surface area contributed by atoms with Crippen LogP contribution < -0.4 is 0 Å². The summed E-state index contributed by atoms with van der Waals surface area (Å²) in [5.41, 5.74) is 3.19. The van der Waals surface area contributed by atoms with Crippen LogP contribution in [0.4, 0.5) is 0 Å². The Morgan fingerprint density at radius 2 is 1.66 bits per heavy atom. The molecule has 0 aliphatic carbocycles. The molecule has 2 aliphatic heterocycles. The van der Waals surface area contributed by atoms with Crippen LogP contribution in [0.15, 0.2) is 24.3 Å². The summed E-state index contributed by atoms with van der Waals surface area (Å²) < 4.78 is 0. The molecule has 0 spiro atoms. The van der Waals surface area contributed by atoms with Crippen molar-refractivity contribution in [1.29, 1.82) is 0 Å². The Hall–Kier alpha value is -1.88. The van der Waals surface area contributed by atoms with Gasteiger partial charge >= 0.3 is 0 Å². The third kappa shape index (κ3) is 9.44. The highest BCUT2D eigenvalue weighted by atomic mass is 16.1. The zero-order valence-electron chi connectivity index (χ0n) is 19.4. The Morgan fingerprint density at radius 3 is 2.00 bits per heavy atom. The molecular weight excluding hydrogens is 362 g/mol. The van der Waals surface area contributed by atoms with Crippen LogP contribution in [0.3, 0.4) is 0 Å². The van der Waals surface area contributed by atoms with Gasteiger partial charge in [0.25, 0.3) is 0 Å². The number of benzene rings is 1. The molecule has 29 heavy (non-hydrogen) atoms. The summed E-state index contributed by atoms with van der Waals surface area (Å²) in [6, 6.07) is 9.06. The number of aryl methyl sites for hydroxylation is 1. The molecule has 0 aromatic heterocycles. The van der Waals surface area contributed by atoms with Crippen LogP contribution in [0.25, 0.3) is 0 Å². The van der Waals surface area contributed by atoms with Gasteiger partial charge in [-0.1, -0.05) is 29.8 Å². The first-order valence-corrected chi connectivity index (χ1v) is 10.9. The smallest absolute Gasteiger partial charge is 0.209 e. The first-order valence-electron chi connectivity index (χ1n) is 10.9. The third-order valence-electron chi connectivity index (χ3n) is 5.65. The maximum atomic E-state index is 9.93. The fourth-order valence-electron chi connectivity index (χ4n) is 3.40. The Bertz CT molecular complexity index is 589. The average molecular weight is 404 g/mol. The number of nitrogens with zero attached hydrogens (tertiary/aromatic N) is 3. The molecule has 3 rings (SSSR count). The van der Waals surface area contributed by atoms with E-state index in [0.29, 0.717) is 5.54 Å². The van der Waals surface area contributed by atoms with E-state index in [2.05, 4.69) is 56.9 Å². The highest BCUT2D eigenvalue weighted by molar-refractivity contribution is 5.47. The molecule has 2 aliphatic rings. The summed E-state index contributed by atoms with van der Waals surface area (Å²) >= 11 is 0. The SMILES string of the molecule is CCN(C)C=O.Cc1ccc(C2CCN(C(C)(C)C)C2)cc1.O=CN1CCCC1. The normalized spacial score (nSPS) is 19.0. The maximum Gasteiger partial charge on any atom is 0.209 e. The van der Waals surface area contributed by atoms with E-state index in [-0.39, 0.29) is 0 Å². The van der Waals surface area contributed by atoms with Gasteiger partial charge in [0, 0.05) is 38.8 Å². The van der Waals surface area contributed by atoms with Gasteiger partial charge in [0.1, 0.15) is 0 Å². The Labute approximate surface area is 178 Å². The number of rotatable bonds is 4. The highest BCUT2D eigenvalue weighted by Gasteiger charge is 2.30. The van der Waals surface area contributed by atoms with Crippen molar-refractivity contribution in [2.75, 3.05) is 39.8 Å². The fourth-order valence-corrected chi connectivity index (χ4v) is 3.40. The number of hydrogen-bond donors (Lipinski definition) is 0. The van der Waals surface area contributed by atoms with Gasteiger partial charge < -0.3 is 9.80 Å². The summed E-state index contributed by atoms with van der Waals surface area (Å²) in [5.74, 6) is 0.736. The molecule has 0 radical (unpaired) electrons. The van der Waals surface area contributed by atoms with Gasteiger partial charge in [-0.15, -0.1) is 0 Å². The van der Waals surface area contributed by atoms with Gasteiger partial charge in [0.05, 0.1) is 0 Å². The fraction of sp³-hybridized carbons (Fsp3) is 0.667. The monoisotopic (exact) mass is 403 g/mol. The molecule has 2 amide bonds. The summed E-state index contributed by atoms with van der Waals surface area (Å²) in [6.07, 6.45) is 5.42. The van der Waals surface area contributed by atoms with Gasteiger partial charge in [-0.25, -0.2) is 0 Å². The molecule has 0 N–H and O–H groups in total. The molecule has 2 fully saturated rings. The lowest BCUT2D eigenvalue weighted by molar-refractivity contribution is -0.117. The van der Waals surface area contributed by atoms with Crippen molar-refractivity contribution in [2.24, 2.45) is 0 Å². The zero-order valence-corrected chi connectivity index (χ0v) is 19.4. The lowest BCUT2D eigenvalue weighted by atomic mass is 9.97.